The highest BCUT2D eigenvalue weighted by Gasteiger charge is 2.08. The van der Waals surface area contributed by atoms with Gasteiger partial charge in [0.15, 0.2) is 0 Å². The first-order valence-corrected chi connectivity index (χ1v) is 4.68. The Balaban J connectivity index is 2.52. The molecule has 0 aliphatic rings. The van der Waals surface area contributed by atoms with Crippen molar-refractivity contribution in [2.75, 3.05) is 0 Å². The van der Waals surface area contributed by atoms with E-state index in [0.717, 1.165) is 5.56 Å². The van der Waals surface area contributed by atoms with Crippen LogP contribution in [-0.4, -0.2) is 10.2 Å². The van der Waals surface area contributed by atoms with Crippen molar-refractivity contribution >= 4 is 27.5 Å². The maximum Gasteiger partial charge on any atom is 0.285 e. The third kappa shape index (κ3) is 1.73. The van der Waals surface area contributed by atoms with E-state index >= 15 is 0 Å². The molecule has 1 aromatic carbocycles. The molecule has 0 spiro atoms. The first kappa shape index (κ1) is 8.72. The maximum atomic E-state index is 5.92. The van der Waals surface area contributed by atoms with Crippen molar-refractivity contribution in [2.24, 2.45) is 0 Å². The summed E-state index contributed by atoms with van der Waals surface area (Å²) in [7, 11) is 0. The van der Waals surface area contributed by atoms with Crippen molar-refractivity contribution in [2.45, 2.75) is 0 Å². The Morgan fingerprint density at radius 1 is 1.23 bits per heavy atom. The van der Waals surface area contributed by atoms with Gasteiger partial charge in [-0.05, 0) is 12.1 Å². The molecule has 2 rings (SSSR count). The molecule has 1 aromatic heterocycles. The molecule has 0 amide bonds. The van der Waals surface area contributed by atoms with Crippen LogP contribution in [0.4, 0.5) is 0 Å². The zero-order chi connectivity index (χ0) is 9.26. The molecule has 0 bridgehead atoms. The molecular formula is C8H4BrClN2O. The fraction of sp³-hybridized carbons (Fsp3) is 0. The van der Waals surface area contributed by atoms with Crippen LogP contribution in [0.25, 0.3) is 11.5 Å². The van der Waals surface area contributed by atoms with E-state index in [9.17, 15) is 0 Å². The Labute approximate surface area is 87.9 Å². The Morgan fingerprint density at radius 2 is 2.00 bits per heavy atom. The van der Waals surface area contributed by atoms with E-state index in [2.05, 4.69) is 26.1 Å². The normalized spacial score (nSPS) is 10.3. The summed E-state index contributed by atoms with van der Waals surface area (Å²) < 4.78 is 5.16. The first-order valence-electron chi connectivity index (χ1n) is 3.51. The van der Waals surface area contributed by atoms with Gasteiger partial charge in [0.25, 0.3) is 4.80 Å². The summed E-state index contributed by atoms with van der Waals surface area (Å²) in [5.41, 5.74) is 0.738. The van der Waals surface area contributed by atoms with Gasteiger partial charge in [0, 0.05) is 15.9 Å². The second-order valence-electron chi connectivity index (χ2n) is 2.34. The smallest absolute Gasteiger partial charge is 0.285 e. The zero-order valence-corrected chi connectivity index (χ0v) is 8.71. The minimum absolute atomic E-state index is 0.349. The van der Waals surface area contributed by atoms with Gasteiger partial charge in [-0.3, -0.25) is 0 Å². The summed E-state index contributed by atoms with van der Waals surface area (Å²) in [4.78, 5) is 0.349. The Morgan fingerprint density at radius 3 is 2.62 bits per heavy atom. The van der Waals surface area contributed by atoms with Crippen molar-refractivity contribution in [3.05, 3.63) is 34.1 Å². The third-order valence-electron chi connectivity index (χ3n) is 1.50. The lowest BCUT2D eigenvalue weighted by Gasteiger charge is -1.95. The number of halogens is 2. The molecule has 2 aromatic rings. The topological polar surface area (TPSA) is 38.9 Å². The molecule has 0 radical (unpaired) electrons. The number of hydrogen-bond acceptors (Lipinski definition) is 3. The summed E-state index contributed by atoms with van der Waals surface area (Å²) in [6.07, 6.45) is 0. The predicted molar refractivity (Wildman–Crippen MR) is 52.4 cm³/mol. The summed E-state index contributed by atoms with van der Waals surface area (Å²) in [5, 5.41) is 8.07. The second-order valence-corrected chi connectivity index (χ2v) is 3.43. The lowest BCUT2D eigenvalue weighted by atomic mass is 10.2. The van der Waals surface area contributed by atoms with Gasteiger partial charge in [0.1, 0.15) is 0 Å². The number of rotatable bonds is 1. The molecule has 0 saturated heterocycles. The van der Waals surface area contributed by atoms with Crippen LogP contribution in [0.2, 0.25) is 5.02 Å². The minimum Gasteiger partial charge on any atom is -0.411 e. The van der Waals surface area contributed by atoms with Crippen LogP contribution in [-0.2, 0) is 0 Å². The third-order valence-corrected chi connectivity index (χ3v) is 2.15. The summed E-state index contributed by atoms with van der Waals surface area (Å²) in [6, 6.07) is 7.30. The fourth-order valence-corrected chi connectivity index (χ4v) is 1.40. The lowest BCUT2D eigenvalue weighted by molar-refractivity contribution is 0.540. The van der Waals surface area contributed by atoms with Gasteiger partial charge < -0.3 is 4.42 Å². The van der Waals surface area contributed by atoms with Gasteiger partial charge in [-0.15, -0.1) is 10.2 Å². The summed E-state index contributed by atoms with van der Waals surface area (Å²) >= 11 is 9.00. The molecule has 0 atom stereocenters. The highest BCUT2D eigenvalue weighted by molar-refractivity contribution is 9.10. The van der Waals surface area contributed by atoms with Crippen molar-refractivity contribution in [1.29, 1.82) is 0 Å². The molecule has 0 aliphatic heterocycles. The number of nitrogens with zero attached hydrogens (tertiary/aromatic N) is 2. The van der Waals surface area contributed by atoms with Crippen molar-refractivity contribution < 1.29 is 4.42 Å². The monoisotopic (exact) mass is 258 g/mol. The Kier molecular flexibility index (Phi) is 2.33. The summed E-state index contributed by atoms with van der Waals surface area (Å²) in [5.74, 6) is 0.414. The number of hydrogen-bond donors (Lipinski definition) is 0. The highest BCUT2D eigenvalue weighted by Crippen LogP contribution is 2.26. The lowest BCUT2D eigenvalue weighted by Crippen LogP contribution is -1.78. The van der Waals surface area contributed by atoms with Gasteiger partial charge in [-0.1, -0.05) is 23.7 Å². The Bertz CT molecular complexity index is 430. The van der Waals surface area contributed by atoms with Crippen LogP contribution in [0.3, 0.4) is 0 Å². The molecule has 66 valence electrons. The van der Waals surface area contributed by atoms with Crippen LogP contribution in [0.1, 0.15) is 0 Å². The van der Waals surface area contributed by atoms with Gasteiger partial charge in [0.05, 0.1) is 10.6 Å². The van der Waals surface area contributed by atoms with Crippen LogP contribution in [0.15, 0.2) is 33.5 Å². The molecular weight excluding hydrogens is 255 g/mol. The number of benzene rings is 1. The molecule has 0 fully saturated rings. The van der Waals surface area contributed by atoms with Crippen molar-refractivity contribution in [3.8, 4) is 11.5 Å². The van der Waals surface area contributed by atoms with Gasteiger partial charge in [0.2, 0.25) is 5.89 Å². The highest BCUT2D eigenvalue weighted by atomic mass is 79.9. The van der Waals surface area contributed by atoms with E-state index < -0.39 is 0 Å². The zero-order valence-electron chi connectivity index (χ0n) is 6.37. The quantitative estimate of drug-likeness (QED) is 0.790. The van der Waals surface area contributed by atoms with E-state index in [-0.39, 0.29) is 0 Å². The predicted octanol–water partition coefficient (Wildman–Crippen LogP) is 3.15. The molecule has 13 heavy (non-hydrogen) atoms. The van der Waals surface area contributed by atoms with Crippen molar-refractivity contribution in [1.82, 2.24) is 10.2 Å². The minimum atomic E-state index is 0.349. The maximum absolute atomic E-state index is 5.92. The molecule has 3 nitrogen and oxygen atoms in total. The van der Waals surface area contributed by atoms with E-state index in [1.807, 2.05) is 18.2 Å². The average Bonchev–Trinajstić information content (AvgIpc) is 2.53. The van der Waals surface area contributed by atoms with E-state index in [0.29, 0.717) is 15.7 Å². The fourth-order valence-electron chi connectivity index (χ4n) is 0.949. The standard InChI is InChI=1S/C8H4BrClN2O/c9-8-12-11-7(13-8)5-3-1-2-4-6(5)10/h1-4H. The summed E-state index contributed by atoms with van der Waals surface area (Å²) in [6.45, 7) is 0. The van der Waals surface area contributed by atoms with Gasteiger partial charge in [-0.2, -0.15) is 0 Å². The number of aromatic nitrogens is 2. The van der Waals surface area contributed by atoms with Crippen LogP contribution < -0.4 is 0 Å². The molecule has 0 saturated carbocycles. The Hall–Kier alpha value is -0.870. The average molecular weight is 259 g/mol. The SMILES string of the molecule is Clc1ccccc1-c1nnc(Br)o1. The van der Waals surface area contributed by atoms with E-state index in [1.165, 1.54) is 0 Å². The molecule has 5 heteroatoms. The molecule has 0 aliphatic carbocycles. The van der Waals surface area contributed by atoms with Gasteiger partial charge >= 0.3 is 0 Å². The molecule has 1 heterocycles. The van der Waals surface area contributed by atoms with E-state index in [4.69, 9.17) is 16.0 Å². The molecule has 0 N–H and O–H groups in total. The van der Waals surface area contributed by atoms with Gasteiger partial charge in [-0.25, -0.2) is 0 Å². The van der Waals surface area contributed by atoms with Crippen LogP contribution in [0, 0.1) is 0 Å². The van der Waals surface area contributed by atoms with Crippen LogP contribution in [0.5, 0.6) is 0 Å². The van der Waals surface area contributed by atoms with Crippen LogP contribution >= 0.6 is 27.5 Å². The largest absolute Gasteiger partial charge is 0.411 e. The first-order chi connectivity index (χ1) is 6.27. The second kappa shape index (κ2) is 3.47. The van der Waals surface area contributed by atoms with E-state index in [1.54, 1.807) is 6.07 Å². The molecule has 0 unspecified atom stereocenters. The van der Waals surface area contributed by atoms with Crippen molar-refractivity contribution in [3.63, 3.8) is 0 Å².